The van der Waals surface area contributed by atoms with Crippen LogP contribution in [-0.2, 0) is 0 Å². The number of nitrogens with one attached hydrogen (secondary N) is 1. The van der Waals surface area contributed by atoms with Crippen molar-refractivity contribution < 1.29 is 9.15 Å². The van der Waals surface area contributed by atoms with E-state index in [-0.39, 0.29) is 5.38 Å². The number of benzene rings is 1. The Hall–Kier alpha value is -1.75. The Morgan fingerprint density at radius 3 is 2.94 bits per heavy atom. The molecule has 0 aliphatic heterocycles. The van der Waals surface area contributed by atoms with Crippen molar-refractivity contribution in [3.63, 3.8) is 0 Å². The quantitative estimate of drug-likeness (QED) is 0.840. The maximum absolute atomic E-state index is 5.84. The number of nitrogens with zero attached hydrogens (tertiary/aromatic N) is 2. The molecule has 0 bridgehead atoms. The largest absolute Gasteiger partial charge is 0.494 e. The number of hydrogen-bond acceptors (Lipinski definition) is 5. The van der Waals surface area contributed by atoms with E-state index in [1.54, 1.807) is 6.92 Å². The second-order valence-electron chi connectivity index (χ2n) is 3.65. The Bertz CT molecular complexity index is 514. The molecule has 1 N–H and O–H groups in total. The Labute approximate surface area is 110 Å². The molecule has 0 fully saturated rings. The molecule has 1 unspecified atom stereocenters. The lowest BCUT2D eigenvalue weighted by atomic mass is 10.3. The number of alkyl halides is 1. The van der Waals surface area contributed by atoms with Gasteiger partial charge < -0.3 is 14.5 Å². The van der Waals surface area contributed by atoms with Crippen molar-refractivity contribution in [1.82, 2.24) is 10.2 Å². The zero-order valence-corrected chi connectivity index (χ0v) is 10.9. The Morgan fingerprint density at radius 1 is 1.44 bits per heavy atom. The second-order valence-corrected chi connectivity index (χ2v) is 4.30. The molecule has 1 aromatic carbocycles. The zero-order chi connectivity index (χ0) is 13.0. The van der Waals surface area contributed by atoms with Gasteiger partial charge in [0.05, 0.1) is 6.61 Å². The fourth-order valence-corrected chi connectivity index (χ4v) is 1.49. The molecule has 1 atom stereocenters. The van der Waals surface area contributed by atoms with Crippen molar-refractivity contribution in [1.29, 1.82) is 0 Å². The van der Waals surface area contributed by atoms with E-state index >= 15 is 0 Å². The minimum Gasteiger partial charge on any atom is -0.494 e. The van der Waals surface area contributed by atoms with Crippen molar-refractivity contribution in [2.24, 2.45) is 0 Å². The van der Waals surface area contributed by atoms with Crippen molar-refractivity contribution in [2.45, 2.75) is 19.2 Å². The number of aromatic nitrogens is 2. The molecule has 18 heavy (non-hydrogen) atoms. The van der Waals surface area contributed by atoms with Gasteiger partial charge in [0.2, 0.25) is 5.89 Å². The van der Waals surface area contributed by atoms with Gasteiger partial charge in [0.15, 0.2) is 0 Å². The van der Waals surface area contributed by atoms with Crippen molar-refractivity contribution in [2.75, 3.05) is 11.9 Å². The molecule has 0 saturated heterocycles. The van der Waals surface area contributed by atoms with Crippen LogP contribution in [0.1, 0.15) is 25.1 Å². The molecule has 5 nitrogen and oxygen atoms in total. The summed E-state index contributed by atoms with van der Waals surface area (Å²) in [5.41, 5.74) is 0.818. The first-order chi connectivity index (χ1) is 8.69. The van der Waals surface area contributed by atoms with Crippen molar-refractivity contribution in [3.8, 4) is 5.75 Å². The molecule has 0 amide bonds. The lowest BCUT2D eigenvalue weighted by Crippen LogP contribution is -1.94. The summed E-state index contributed by atoms with van der Waals surface area (Å²) in [4.78, 5) is 0. The maximum Gasteiger partial charge on any atom is 0.320 e. The van der Waals surface area contributed by atoms with Gasteiger partial charge in [-0.1, -0.05) is 11.2 Å². The summed E-state index contributed by atoms with van der Waals surface area (Å²) < 4.78 is 10.7. The van der Waals surface area contributed by atoms with E-state index in [0.717, 1.165) is 11.4 Å². The molecule has 0 saturated carbocycles. The molecule has 0 aliphatic rings. The van der Waals surface area contributed by atoms with Gasteiger partial charge in [-0.15, -0.1) is 16.7 Å². The molecule has 0 spiro atoms. The summed E-state index contributed by atoms with van der Waals surface area (Å²) >= 11 is 5.84. The highest BCUT2D eigenvalue weighted by molar-refractivity contribution is 6.20. The van der Waals surface area contributed by atoms with E-state index in [9.17, 15) is 0 Å². The highest BCUT2D eigenvalue weighted by Crippen LogP contribution is 2.23. The van der Waals surface area contributed by atoms with Crippen LogP contribution < -0.4 is 10.1 Å². The van der Waals surface area contributed by atoms with Gasteiger partial charge in [-0.2, -0.15) is 0 Å². The summed E-state index contributed by atoms with van der Waals surface area (Å²) in [7, 11) is 0. The van der Waals surface area contributed by atoms with Gasteiger partial charge in [0, 0.05) is 11.8 Å². The summed E-state index contributed by atoms with van der Waals surface area (Å²) in [5.74, 6) is 1.17. The normalized spacial score (nSPS) is 12.2. The van der Waals surface area contributed by atoms with Crippen molar-refractivity contribution >= 4 is 23.3 Å². The van der Waals surface area contributed by atoms with E-state index < -0.39 is 0 Å². The molecular formula is C12H14ClN3O2. The first-order valence-electron chi connectivity index (χ1n) is 5.66. The summed E-state index contributed by atoms with van der Waals surface area (Å²) in [6, 6.07) is 7.82. The number of halogens is 1. The summed E-state index contributed by atoms with van der Waals surface area (Å²) in [6.07, 6.45) is 0. The molecule has 0 aliphatic carbocycles. The third-order valence-electron chi connectivity index (χ3n) is 2.18. The van der Waals surface area contributed by atoms with E-state index in [1.165, 1.54) is 0 Å². The molecule has 2 aromatic rings. The number of rotatable bonds is 5. The monoisotopic (exact) mass is 267 g/mol. The van der Waals surface area contributed by atoms with Crippen LogP contribution >= 0.6 is 11.6 Å². The predicted octanol–water partition coefficient (Wildman–Crippen LogP) is 3.51. The second kappa shape index (κ2) is 5.73. The predicted molar refractivity (Wildman–Crippen MR) is 69.5 cm³/mol. The summed E-state index contributed by atoms with van der Waals surface area (Å²) in [5, 5.41) is 10.4. The van der Waals surface area contributed by atoms with Crippen LogP contribution in [0.25, 0.3) is 0 Å². The van der Waals surface area contributed by atoms with Gasteiger partial charge in [-0.3, -0.25) is 0 Å². The molecule has 0 radical (unpaired) electrons. The van der Waals surface area contributed by atoms with Gasteiger partial charge >= 0.3 is 6.01 Å². The van der Waals surface area contributed by atoms with Crippen LogP contribution in [0.4, 0.5) is 11.7 Å². The lowest BCUT2D eigenvalue weighted by molar-refractivity contribution is 0.340. The van der Waals surface area contributed by atoms with Gasteiger partial charge in [0.1, 0.15) is 11.1 Å². The summed E-state index contributed by atoms with van der Waals surface area (Å²) in [6.45, 7) is 4.33. The van der Waals surface area contributed by atoms with Crippen molar-refractivity contribution in [3.05, 3.63) is 30.2 Å². The topological polar surface area (TPSA) is 60.2 Å². The van der Waals surface area contributed by atoms with Gasteiger partial charge in [-0.25, -0.2) is 0 Å². The molecular weight excluding hydrogens is 254 g/mol. The van der Waals surface area contributed by atoms with E-state index in [1.807, 2.05) is 31.2 Å². The highest BCUT2D eigenvalue weighted by Gasteiger charge is 2.11. The third-order valence-corrected chi connectivity index (χ3v) is 2.36. The lowest BCUT2D eigenvalue weighted by Gasteiger charge is -2.05. The van der Waals surface area contributed by atoms with Gasteiger partial charge in [-0.05, 0) is 26.0 Å². The first-order valence-corrected chi connectivity index (χ1v) is 6.10. The van der Waals surface area contributed by atoms with Crippen LogP contribution in [0.2, 0.25) is 0 Å². The number of anilines is 2. The minimum atomic E-state index is -0.303. The van der Waals surface area contributed by atoms with Crippen LogP contribution in [0.5, 0.6) is 5.75 Å². The average molecular weight is 268 g/mol. The van der Waals surface area contributed by atoms with Gasteiger partial charge in [0.25, 0.3) is 0 Å². The molecule has 2 rings (SSSR count). The third kappa shape index (κ3) is 3.13. The van der Waals surface area contributed by atoms with E-state index in [2.05, 4.69) is 15.5 Å². The molecule has 1 aromatic heterocycles. The minimum absolute atomic E-state index is 0.303. The molecule has 6 heteroatoms. The fourth-order valence-electron chi connectivity index (χ4n) is 1.40. The van der Waals surface area contributed by atoms with E-state index in [4.69, 9.17) is 20.8 Å². The zero-order valence-electron chi connectivity index (χ0n) is 10.2. The van der Waals surface area contributed by atoms with Crippen LogP contribution in [0.3, 0.4) is 0 Å². The fraction of sp³-hybridized carbons (Fsp3) is 0.333. The standard InChI is InChI=1S/C12H14ClN3O2/c1-3-17-10-6-4-5-9(7-10)14-12-16-15-11(18-12)8(2)13/h4-8H,3H2,1-2H3,(H,14,16). The smallest absolute Gasteiger partial charge is 0.320 e. The van der Waals surface area contributed by atoms with Crippen LogP contribution in [-0.4, -0.2) is 16.8 Å². The Morgan fingerprint density at radius 2 is 2.28 bits per heavy atom. The number of ether oxygens (including phenoxy) is 1. The first kappa shape index (κ1) is 12.7. The maximum atomic E-state index is 5.84. The van der Waals surface area contributed by atoms with E-state index in [0.29, 0.717) is 18.5 Å². The molecule has 96 valence electrons. The Kier molecular flexibility index (Phi) is 4.04. The average Bonchev–Trinajstić information content (AvgIpc) is 2.78. The Balaban J connectivity index is 2.10. The SMILES string of the molecule is CCOc1cccc(Nc2nnc(C(C)Cl)o2)c1. The van der Waals surface area contributed by atoms with Crippen LogP contribution in [0, 0.1) is 0 Å². The van der Waals surface area contributed by atoms with Crippen LogP contribution in [0.15, 0.2) is 28.7 Å². The molecule has 1 heterocycles. The highest BCUT2D eigenvalue weighted by atomic mass is 35.5. The number of hydrogen-bond donors (Lipinski definition) is 1.